The summed E-state index contributed by atoms with van der Waals surface area (Å²) in [7, 11) is 1.95. The minimum Gasteiger partial charge on any atom is -0.319 e. The molecule has 0 saturated carbocycles. The Labute approximate surface area is 128 Å². The number of halogens is 2. The highest BCUT2D eigenvalue weighted by atomic mass is 79.9. The van der Waals surface area contributed by atoms with Crippen LogP contribution in [0.4, 0.5) is 4.39 Å². The molecule has 1 N–H and O–H groups in total. The minimum absolute atomic E-state index is 0.199. The van der Waals surface area contributed by atoms with Crippen molar-refractivity contribution in [3.63, 3.8) is 0 Å². The maximum absolute atomic E-state index is 13.6. The molecule has 0 aliphatic heterocycles. The van der Waals surface area contributed by atoms with Crippen molar-refractivity contribution in [2.24, 2.45) is 0 Å². The van der Waals surface area contributed by atoms with E-state index in [0.29, 0.717) is 10.4 Å². The van der Waals surface area contributed by atoms with E-state index in [1.807, 2.05) is 13.1 Å². The van der Waals surface area contributed by atoms with Gasteiger partial charge >= 0.3 is 0 Å². The molecule has 0 fully saturated rings. The van der Waals surface area contributed by atoms with Crippen LogP contribution in [0.25, 0.3) is 0 Å². The van der Waals surface area contributed by atoms with Gasteiger partial charge in [-0.2, -0.15) is 0 Å². The Morgan fingerprint density at radius 3 is 2.50 bits per heavy atom. The van der Waals surface area contributed by atoms with Crippen molar-refractivity contribution < 1.29 is 4.39 Å². The first-order valence-corrected chi connectivity index (χ1v) is 7.55. The van der Waals surface area contributed by atoms with Crippen LogP contribution in [-0.4, -0.2) is 13.6 Å². The molecular formula is C17H19BrFN. The lowest BCUT2D eigenvalue weighted by Gasteiger charge is -2.18. The number of hydrogen-bond acceptors (Lipinski definition) is 1. The number of rotatable bonds is 5. The summed E-state index contributed by atoms with van der Waals surface area (Å²) in [6.45, 7) is 2.95. The van der Waals surface area contributed by atoms with Gasteiger partial charge in [-0.15, -0.1) is 0 Å². The molecule has 0 aromatic heterocycles. The third-order valence-corrected chi connectivity index (χ3v) is 4.39. The van der Waals surface area contributed by atoms with Gasteiger partial charge in [-0.05, 0) is 53.5 Å². The second kappa shape index (κ2) is 7.00. The Bertz CT molecular complexity index is 566. The fraction of sp³-hybridized carbons (Fsp3) is 0.294. The average Bonchev–Trinajstić information content (AvgIpc) is 2.44. The normalized spacial score (nSPS) is 12.4. The summed E-state index contributed by atoms with van der Waals surface area (Å²) >= 11 is 3.35. The highest BCUT2D eigenvalue weighted by molar-refractivity contribution is 9.10. The standard InChI is InChI=1S/C17H19BrFN/c1-12-6-8-13(9-7-12)15(11-20-2)10-14-4-3-5-16(19)17(14)18/h3-9,15,20H,10-11H2,1-2H3. The second-order valence-electron chi connectivity index (χ2n) is 5.08. The molecule has 1 nitrogen and oxygen atoms in total. The van der Waals surface area contributed by atoms with E-state index in [0.717, 1.165) is 18.5 Å². The molecule has 0 heterocycles. The molecule has 3 heteroatoms. The fourth-order valence-corrected chi connectivity index (χ4v) is 2.79. The van der Waals surface area contributed by atoms with Gasteiger partial charge in [0.1, 0.15) is 5.82 Å². The van der Waals surface area contributed by atoms with Crippen molar-refractivity contribution in [2.45, 2.75) is 19.3 Å². The van der Waals surface area contributed by atoms with Crippen LogP contribution >= 0.6 is 15.9 Å². The predicted molar refractivity (Wildman–Crippen MR) is 85.7 cm³/mol. The molecule has 2 aromatic rings. The number of benzene rings is 2. The summed E-state index contributed by atoms with van der Waals surface area (Å²) < 4.78 is 14.2. The molecular weight excluding hydrogens is 317 g/mol. The SMILES string of the molecule is CNCC(Cc1cccc(F)c1Br)c1ccc(C)cc1. The molecule has 2 aromatic carbocycles. The largest absolute Gasteiger partial charge is 0.319 e. The van der Waals surface area contributed by atoms with Crippen molar-refractivity contribution >= 4 is 15.9 Å². The van der Waals surface area contributed by atoms with Gasteiger partial charge in [0.05, 0.1) is 4.47 Å². The summed E-state index contributed by atoms with van der Waals surface area (Å²) in [4.78, 5) is 0. The van der Waals surface area contributed by atoms with Gasteiger partial charge in [-0.1, -0.05) is 42.0 Å². The Morgan fingerprint density at radius 1 is 1.15 bits per heavy atom. The van der Waals surface area contributed by atoms with Crippen molar-refractivity contribution in [2.75, 3.05) is 13.6 Å². The van der Waals surface area contributed by atoms with Crippen LogP contribution < -0.4 is 5.32 Å². The Kier molecular flexibility index (Phi) is 5.32. The summed E-state index contributed by atoms with van der Waals surface area (Å²) in [6.07, 6.45) is 0.808. The van der Waals surface area contributed by atoms with Crippen molar-refractivity contribution in [1.82, 2.24) is 5.32 Å². The number of nitrogens with one attached hydrogen (secondary N) is 1. The van der Waals surface area contributed by atoms with Gasteiger partial charge in [0, 0.05) is 12.5 Å². The van der Waals surface area contributed by atoms with E-state index >= 15 is 0 Å². The van der Waals surface area contributed by atoms with Gasteiger partial charge in [-0.3, -0.25) is 0 Å². The van der Waals surface area contributed by atoms with Crippen LogP contribution in [0.15, 0.2) is 46.9 Å². The van der Waals surface area contributed by atoms with Crippen LogP contribution in [0.1, 0.15) is 22.6 Å². The molecule has 106 valence electrons. The summed E-state index contributed by atoms with van der Waals surface area (Å²) in [5.41, 5.74) is 3.54. The predicted octanol–water partition coefficient (Wildman–Crippen LogP) is 4.44. The van der Waals surface area contributed by atoms with Gasteiger partial charge in [0.15, 0.2) is 0 Å². The third kappa shape index (κ3) is 3.68. The maximum atomic E-state index is 13.6. The van der Waals surface area contributed by atoms with Gasteiger partial charge < -0.3 is 5.32 Å². The summed E-state index contributed by atoms with van der Waals surface area (Å²) in [5.74, 6) is 0.133. The zero-order valence-electron chi connectivity index (χ0n) is 11.8. The molecule has 0 amide bonds. The second-order valence-corrected chi connectivity index (χ2v) is 5.88. The van der Waals surface area contributed by atoms with Crippen LogP contribution in [0.3, 0.4) is 0 Å². The monoisotopic (exact) mass is 335 g/mol. The lowest BCUT2D eigenvalue weighted by Crippen LogP contribution is -2.19. The van der Waals surface area contributed by atoms with Crippen molar-refractivity contribution in [3.05, 3.63) is 69.4 Å². The van der Waals surface area contributed by atoms with Crippen LogP contribution in [0.2, 0.25) is 0 Å². The average molecular weight is 336 g/mol. The first-order valence-electron chi connectivity index (χ1n) is 6.76. The van der Waals surface area contributed by atoms with Crippen molar-refractivity contribution in [1.29, 1.82) is 0 Å². The molecule has 20 heavy (non-hydrogen) atoms. The smallest absolute Gasteiger partial charge is 0.137 e. The molecule has 1 atom stereocenters. The summed E-state index contributed by atoms with van der Waals surface area (Å²) in [6, 6.07) is 13.8. The zero-order valence-corrected chi connectivity index (χ0v) is 13.4. The highest BCUT2D eigenvalue weighted by Crippen LogP contribution is 2.27. The van der Waals surface area contributed by atoms with Crippen LogP contribution in [0.5, 0.6) is 0 Å². The molecule has 1 unspecified atom stereocenters. The number of likely N-dealkylation sites (N-methyl/N-ethyl adjacent to an activating group) is 1. The van der Waals surface area contributed by atoms with E-state index in [1.54, 1.807) is 6.07 Å². The number of hydrogen-bond donors (Lipinski definition) is 1. The van der Waals surface area contributed by atoms with Crippen LogP contribution in [-0.2, 0) is 6.42 Å². The zero-order chi connectivity index (χ0) is 14.5. The first-order chi connectivity index (χ1) is 9.61. The molecule has 0 aliphatic rings. The quantitative estimate of drug-likeness (QED) is 0.851. The lowest BCUT2D eigenvalue weighted by atomic mass is 9.91. The Morgan fingerprint density at radius 2 is 1.85 bits per heavy atom. The highest BCUT2D eigenvalue weighted by Gasteiger charge is 2.14. The topological polar surface area (TPSA) is 12.0 Å². The minimum atomic E-state index is -0.199. The van der Waals surface area contributed by atoms with Gasteiger partial charge in [-0.25, -0.2) is 4.39 Å². The first kappa shape index (κ1) is 15.2. The van der Waals surface area contributed by atoms with Crippen LogP contribution in [0, 0.1) is 12.7 Å². The molecule has 0 saturated heterocycles. The van der Waals surface area contributed by atoms with E-state index in [2.05, 4.69) is 52.4 Å². The van der Waals surface area contributed by atoms with Gasteiger partial charge in [0.2, 0.25) is 0 Å². The van der Waals surface area contributed by atoms with E-state index < -0.39 is 0 Å². The molecule has 2 rings (SSSR count). The fourth-order valence-electron chi connectivity index (χ4n) is 2.36. The van der Waals surface area contributed by atoms with E-state index in [4.69, 9.17) is 0 Å². The van der Waals surface area contributed by atoms with Gasteiger partial charge in [0.25, 0.3) is 0 Å². The number of aryl methyl sites for hydroxylation is 1. The summed E-state index contributed by atoms with van der Waals surface area (Å²) in [5, 5.41) is 3.23. The molecule has 0 aliphatic carbocycles. The van der Waals surface area contributed by atoms with Crippen molar-refractivity contribution in [3.8, 4) is 0 Å². The Balaban J connectivity index is 2.25. The van der Waals surface area contributed by atoms with E-state index in [9.17, 15) is 4.39 Å². The van der Waals surface area contributed by atoms with E-state index in [1.165, 1.54) is 17.2 Å². The Hall–Kier alpha value is -1.19. The third-order valence-electron chi connectivity index (χ3n) is 3.50. The molecule has 0 radical (unpaired) electrons. The molecule has 0 spiro atoms. The lowest BCUT2D eigenvalue weighted by molar-refractivity contribution is 0.602. The molecule has 0 bridgehead atoms. The van der Waals surface area contributed by atoms with E-state index in [-0.39, 0.29) is 5.82 Å². The maximum Gasteiger partial charge on any atom is 0.137 e.